The van der Waals surface area contributed by atoms with Crippen molar-refractivity contribution in [1.29, 1.82) is 0 Å². The molecule has 0 aliphatic carbocycles. The molecule has 0 radical (unpaired) electrons. The number of allylic oxidation sites excluding steroid dienone is 1. The number of aromatic nitrogens is 1. The molecular formula is C12H15ClN2O. The fourth-order valence-corrected chi connectivity index (χ4v) is 1.81. The summed E-state index contributed by atoms with van der Waals surface area (Å²) in [6, 6.07) is 1.74. The third kappa shape index (κ3) is 2.36. The van der Waals surface area contributed by atoms with Crippen molar-refractivity contribution in [3.8, 4) is 0 Å². The van der Waals surface area contributed by atoms with Crippen molar-refractivity contribution < 1.29 is 4.79 Å². The molecule has 1 rings (SSSR count). The summed E-state index contributed by atoms with van der Waals surface area (Å²) in [5, 5.41) is 3.01. The molecule has 86 valence electrons. The largest absolute Gasteiger partial charge is 0.354 e. The summed E-state index contributed by atoms with van der Waals surface area (Å²) in [4.78, 5) is 11.7. The van der Waals surface area contributed by atoms with Gasteiger partial charge in [-0.15, -0.1) is 6.58 Å². The van der Waals surface area contributed by atoms with Gasteiger partial charge in [0, 0.05) is 19.3 Å². The van der Waals surface area contributed by atoms with Crippen molar-refractivity contribution in [3.05, 3.63) is 41.7 Å². The standard InChI is InChI=1S/C12H15ClN2O/c1-4-6-7-15-9(5-2)8-10(13)11(15)12(16)14-3/h4-5,8H,1-2,6-7H2,3H3,(H,14,16). The second kappa shape index (κ2) is 5.56. The Bertz CT molecular complexity index is 421. The Kier molecular flexibility index (Phi) is 4.38. The fourth-order valence-electron chi connectivity index (χ4n) is 1.51. The summed E-state index contributed by atoms with van der Waals surface area (Å²) in [7, 11) is 1.58. The SMILES string of the molecule is C=CCCn1c(C=C)cc(Cl)c1C(=O)NC. The molecule has 16 heavy (non-hydrogen) atoms. The second-order valence-electron chi connectivity index (χ2n) is 3.28. The van der Waals surface area contributed by atoms with Gasteiger partial charge >= 0.3 is 0 Å². The Hall–Kier alpha value is -1.48. The van der Waals surface area contributed by atoms with E-state index in [0.29, 0.717) is 17.3 Å². The van der Waals surface area contributed by atoms with Gasteiger partial charge in [0.25, 0.3) is 5.91 Å². The number of nitrogens with zero attached hydrogens (tertiary/aromatic N) is 1. The van der Waals surface area contributed by atoms with Gasteiger partial charge < -0.3 is 9.88 Å². The maximum atomic E-state index is 11.7. The summed E-state index contributed by atoms with van der Waals surface area (Å²) < 4.78 is 1.84. The first-order valence-corrected chi connectivity index (χ1v) is 5.38. The van der Waals surface area contributed by atoms with Crippen LogP contribution < -0.4 is 5.32 Å². The molecule has 4 heteroatoms. The van der Waals surface area contributed by atoms with E-state index in [1.165, 1.54) is 0 Å². The van der Waals surface area contributed by atoms with Crippen LogP contribution in [0.15, 0.2) is 25.3 Å². The quantitative estimate of drug-likeness (QED) is 0.787. The Morgan fingerprint density at radius 1 is 1.62 bits per heavy atom. The number of hydrogen-bond acceptors (Lipinski definition) is 1. The van der Waals surface area contributed by atoms with Crippen LogP contribution in [0.3, 0.4) is 0 Å². The van der Waals surface area contributed by atoms with E-state index >= 15 is 0 Å². The zero-order valence-corrected chi connectivity index (χ0v) is 10.0. The lowest BCUT2D eigenvalue weighted by Gasteiger charge is -2.09. The van der Waals surface area contributed by atoms with Gasteiger partial charge in [-0.05, 0) is 18.6 Å². The van der Waals surface area contributed by atoms with Crippen LogP contribution in [0.25, 0.3) is 6.08 Å². The molecule has 0 saturated carbocycles. The van der Waals surface area contributed by atoms with Crippen LogP contribution in [0.2, 0.25) is 5.02 Å². The van der Waals surface area contributed by atoms with Crippen LogP contribution in [-0.2, 0) is 6.54 Å². The molecule has 0 saturated heterocycles. The van der Waals surface area contributed by atoms with E-state index in [1.54, 1.807) is 25.3 Å². The van der Waals surface area contributed by atoms with Gasteiger partial charge in [-0.3, -0.25) is 4.79 Å². The van der Waals surface area contributed by atoms with Crippen LogP contribution >= 0.6 is 11.6 Å². The molecule has 3 nitrogen and oxygen atoms in total. The molecule has 0 fully saturated rings. The zero-order valence-electron chi connectivity index (χ0n) is 9.29. The zero-order chi connectivity index (χ0) is 12.1. The van der Waals surface area contributed by atoms with Gasteiger partial charge in [-0.1, -0.05) is 24.3 Å². The van der Waals surface area contributed by atoms with E-state index in [2.05, 4.69) is 18.5 Å². The van der Waals surface area contributed by atoms with Crippen molar-refractivity contribution in [1.82, 2.24) is 9.88 Å². The Morgan fingerprint density at radius 3 is 2.81 bits per heavy atom. The van der Waals surface area contributed by atoms with Crippen LogP contribution in [0.1, 0.15) is 22.6 Å². The molecular weight excluding hydrogens is 224 g/mol. The molecule has 0 aromatic carbocycles. The van der Waals surface area contributed by atoms with Crippen molar-refractivity contribution in [2.45, 2.75) is 13.0 Å². The van der Waals surface area contributed by atoms with E-state index in [9.17, 15) is 4.79 Å². The minimum Gasteiger partial charge on any atom is -0.354 e. The number of rotatable bonds is 5. The molecule has 0 spiro atoms. The van der Waals surface area contributed by atoms with Crippen molar-refractivity contribution in [2.24, 2.45) is 0 Å². The van der Waals surface area contributed by atoms with Crippen LogP contribution in [0.5, 0.6) is 0 Å². The predicted octanol–water partition coefficient (Wildman–Crippen LogP) is 2.72. The van der Waals surface area contributed by atoms with Crippen molar-refractivity contribution in [2.75, 3.05) is 7.05 Å². The maximum absolute atomic E-state index is 11.7. The van der Waals surface area contributed by atoms with Gasteiger partial charge in [0.15, 0.2) is 0 Å². The summed E-state index contributed by atoms with van der Waals surface area (Å²) in [5.41, 5.74) is 1.31. The molecule has 1 N–H and O–H groups in total. The van der Waals surface area contributed by atoms with Crippen molar-refractivity contribution >= 4 is 23.6 Å². The summed E-state index contributed by atoms with van der Waals surface area (Å²) >= 11 is 6.03. The Balaban J connectivity index is 3.21. The van der Waals surface area contributed by atoms with E-state index in [4.69, 9.17) is 11.6 Å². The van der Waals surface area contributed by atoms with E-state index < -0.39 is 0 Å². The molecule has 1 amide bonds. The predicted molar refractivity (Wildman–Crippen MR) is 67.7 cm³/mol. The lowest BCUT2D eigenvalue weighted by atomic mass is 10.3. The summed E-state index contributed by atoms with van der Waals surface area (Å²) in [5.74, 6) is -0.192. The van der Waals surface area contributed by atoms with Crippen LogP contribution in [0, 0.1) is 0 Å². The highest BCUT2D eigenvalue weighted by atomic mass is 35.5. The molecule has 0 aliphatic heterocycles. The first-order valence-electron chi connectivity index (χ1n) is 5.00. The molecule has 1 heterocycles. The highest BCUT2D eigenvalue weighted by molar-refractivity contribution is 6.33. The summed E-state index contributed by atoms with van der Waals surface area (Å²) in [6.45, 7) is 8.03. The normalized spacial score (nSPS) is 9.88. The molecule has 0 atom stereocenters. The third-order valence-electron chi connectivity index (χ3n) is 2.29. The Labute approximate surface area is 100 Å². The second-order valence-corrected chi connectivity index (χ2v) is 3.69. The van der Waals surface area contributed by atoms with Crippen LogP contribution in [0.4, 0.5) is 0 Å². The van der Waals surface area contributed by atoms with E-state index in [1.807, 2.05) is 4.57 Å². The van der Waals surface area contributed by atoms with Gasteiger partial charge in [-0.25, -0.2) is 0 Å². The molecule has 1 aromatic rings. The van der Waals surface area contributed by atoms with Gasteiger partial charge in [0.1, 0.15) is 5.69 Å². The lowest BCUT2D eigenvalue weighted by molar-refractivity contribution is 0.0954. The first kappa shape index (κ1) is 12.6. The van der Waals surface area contributed by atoms with Gasteiger partial charge in [0.2, 0.25) is 0 Å². The van der Waals surface area contributed by atoms with Crippen molar-refractivity contribution in [3.63, 3.8) is 0 Å². The first-order chi connectivity index (χ1) is 7.65. The number of amides is 1. The number of carbonyl (C=O) groups excluding carboxylic acids is 1. The fraction of sp³-hybridized carbons (Fsp3) is 0.250. The van der Waals surface area contributed by atoms with Crippen LogP contribution in [-0.4, -0.2) is 17.5 Å². The molecule has 0 unspecified atom stereocenters. The number of halogens is 1. The number of hydrogen-bond donors (Lipinski definition) is 1. The highest BCUT2D eigenvalue weighted by Crippen LogP contribution is 2.22. The Morgan fingerprint density at radius 2 is 2.31 bits per heavy atom. The average Bonchev–Trinajstić information content (AvgIpc) is 2.61. The number of carbonyl (C=O) groups is 1. The molecule has 0 aliphatic rings. The minimum atomic E-state index is -0.192. The third-order valence-corrected chi connectivity index (χ3v) is 2.58. The monoisotopic (exact) mass is 238 g/mol. The molecule has 0 bridgehead atoms. The summed E-state index contributed by atoms with van der Waals surface area (Å²) in [6.07, 6.45) is 4.26. The van der Waals surface area contributed by atoms with E-state index in [0.717, 1.165) is 12.1 Å². The highest BCUT2D eigenvalue weighted by Gasteiger charge is 2.17. The average molecular weight is 239 g/mol. The minimum absolute atomic E-state index is 0.192. The van der Waals surface area contributed by atoms with Gasteiger partial charge in [-0.2, -0.15) is 0 Å². The maximum Gasteiger partial charge on any atom is 0.269 e. The smallest absolute Gasteiger partial charge is 0.269 e. The lowest BCUT2D eigenvalue weighted by Crippen LogP contribution is -2.22. The molecule has 1 aromatic heterocycles. The van der Waals surface area contributed by atoms with E-state index in [-0.39, 0.29) is 5.91 Å². The van der Waals surface area contributed by atoms with Gasteiger partial charge in [0.05, 0.1) is 5.02 Å². The topological polar surface area (TPSA) is 34.0 Å². The number of nitrogens with one attached hydrogen (secondary N) is 1.